The molecule has 0 aromatic heterocycles. The minimum atomic E-state index is -0.664. The lowest BCUT2D eigenvalue weighted by Crippen LogP contribution is -2.42. The zero-order chi connectivity index (χ0) is 10.7. The van der Waals surface area contributed by atoms with Crippen LogP contribution in [0.4, 0.5) is 0 Å². The molecule has 2 unspecified atom stereocenters. The fourth-order valence-electron chi connectivity index (χ4n) is 2.15. The Morgan fingerprint density at radius 3 is 2.71 bits per heavy atom. The maximum absolute atomic E-state index is 10.9. The van der Waals surface area contributed by atoms with E-state index < -0.39 is 5.97 Å². The Labute approximate surface area is 85.4 Å². The van der Waals surface area contributed by atoms with Gasteiger partial charge in [-0.1, -0.05) is 19.1 Å². The van der Waals surface area contributed by atoms with Crippen LogP contribution >= 0.6 is 0 Å². The first-order valence-corrected chi connectivity index (χ1v) is 5.08. The first-order valence-electron chi connectivity index (χ1n) is 5.08. The minimum absolute atomic E-state index is 0.196. The van der Waals surface area contributed by atoms with Crippen LogP contribution in [0.1, 0.15) is 20.3 Å². The summed E-state index contributed by atoms with van der Waals surface area (Å²) in [4.78, 5) is 13.1. The number of carboxylic acid groups (broad SMARTS) is 1. The quantitative estimate of drug-likeness (QED) is 0.699. The summed E-state index contributed by atoms with van der Waals surface area (Å²) in [5, 5.41) is 8.96. The molecular weight excluding hydrogens is 178 g/mol. The van der Waals surface area contributed by atoms with E-state index in [4.69, 9.17) is 5.11 Å². The molecule has 1 N–H and O–H groups in total. The van der Waals surface area contributed by atoms with E-state index in [0.29, 0.717) is 12.5 Å². The van der Waals surface area contributed by atoms with Crippen molar-refractivity contribution >= 4 is 5.97 Å². The highest BCUT2D eigenvalue weighted by Crippen LogP contribution is 2.22. The molecule has 0 bridgehead atoms. The third kappa shape index (κ3) is 3.14. The molecule has 1 aliphatic rings. The normalized spacial score (nSPS) is 28.7. The molecule has 80 valence electrons. The van der Waals surface area contributed by atoms with Crippen LogP contribution in [-0.2, 0) is 4.79 Å². The van der Waals surface area contributed by atoms with Crippen molar-refractivity contribution in [2.45, 2.75) is 20.3 Å². The van der Waals surface area contributed by atoms with Crippen LogP contribution in [-0.4, -0.2) is 35.6 Å². The highest BCUT2D eigenvalue weighted by Gasteiger charge is 2.28. The summed E-state index contributed by atoms with van der Waals surface area (Å²) in [7, 11) is 0. The van der Waals surface area contributed by atoms with Crippen molar-refractivity contribution in [3.63, 3.8) is 0 Å². The molecule has 3 nitrogen and oxygen atoms in total. The van der Waals surface area contributed by atoms with Crippen molar-refractivity contribution in [2.24, 2.45) is 11.8 Å². The summed E-state index contributed by atoms with van der Waals surface area (Å²) in [5.74, 6) is -0.384. The van der Waals surface area contributed by atoms with Crippen molar-refractivity contribution in [1.82, 2.24) is 4.90 Å². The van der Waals surface area contributed by atoms with Gasteiger partial charge in [-0.15, -0.1) is 0 Å². The van der Waals surface area contributed by atoms with Crippen molar-refractivity contribution < 1.29 is 9.90 Å². The number of likely N-dealkylation sites (tertiary alicyclic amines) is 1. The molecule has 1 heterocycles. The molecule has 0 aliphatic carbocycles. The number of rotatable bonds is 3. The summed E-state index contributed by atoms with van der Waals surface area (Å²) in [6.45, 7) is 10.4. The lowest BCUT2D eigenvalue weighted by atomic mass is 9.90. The Kier molecular flexibility index (Phi) is 3.69. The van der Waals surface area contributed by atoms with E-state index in [9.17, 15) is 4.79 Å². The van der Waals surface area contributed by atoms with Crippen LogP contribution in [0.25, 0.3) is 0 Å². The highest BCUT2D eigenvalue weighted by molar-refractivity contribution is 5.70. The first-order chi connectivity index (χ1) is 6.49. The minimum Gasteiger partial charge on any atom is -0.481 e. The van der Waals surface area contributed by atoms with E-state index in [1.54, 1.807) is 0 Å². The average Bonchev–Trinajstić information content (AvgIpc) is 2.01. The van der Waals surface area contributed by atoms with Gasteiger partial charge < -0.3 is 5.11 Å². The number of carbonyl (C=O) groups is 1. The van der Waals surface area contributed by atoms with Crippen LogP contribution in [0.15, 0.2) is 12.2 Å². The van der Waals surface area contributed by atoms with E-state index in [2.05, 4.69) is 18.4 Å². The molecule has 0 saturated carbocycles. The molecule has 1 fully saturated rings. The molecule has 0 aromatic rings. The van der Waals surface area contributed by atoms with Crippen LogP contribution in [0.3, 0.4) is 0 Å². The van der Waals surface area contributed by atoms with Crippen LogP contribution in [0.5, 0.6) is 0 Å². The maximum atomic E-state index is 10.9. The number of piperidine rings is 1. The van der Waals surface area contributed by atoms with Crippen molar-refractivity contribution in [1.29, 1.82) is 0 Å². The molecule has 14 heavy (non-hydrogen) atoms. The predicted octanol–water partition coefficient (Wildman–Crippen LogP) is 1.61. The second-order valence-electron chi connectivity index (χ2n) is 4.53. The monoisotopic (exact) mass is 197 g/mol. The fraction of sp³-hybridized carbons (Fsp3) is 0.727. The molecule has 0 radical (unpaired) electrons. The Bertz CT molecular complexity index is 237. The second kappa shape index (κ2) is 4.60. The molecule has 1 saturated heterocycles. The van der Waals surface area contributed by atoms with Gasteiger partial charge in [-0.25, -0.2) is 0 Å². The number of aliphatic carboxylic acids is 1. The van der Waals surface area contributed by atoms with E-state index >= 15 is 0 Å². The highest BCUT2D eigenvalue weighted by atomic mass is 16.4. The second-order valence-corrected chi connectivity index (χ2v) is 4.53. The molecule has 0 aromatic carbocycles. The van der Waals surface area contributed by atoms with Gasteiger partial charge >= 0.3 is 5.97 Å². The first kappa shape index (κ1) is 11.2. The van der Waals surface area contributed by atoms with Gasteiger partial charge in [-0.3, -0.25) is 9.69 Å². The maximum Gasteiger partial charge on any atom is 0.307 e. The fourth-order valence-corrected chi connectivity index (χ4v) is 2.15. The Balaban J connectivity index is 2.53. The Hall–Kier alpha value is -0.830. The number of nitrogens with zero attached hydrogens (tertiary/aromatic N) is 1. The van der Waals surface area contributed by atoms with E-state index in [1.165, 1.54) is 0 Å². The number of carboxylic acids is 1. The van der Waals surface area contributed by atoms with Gasteiger partial charge in [0.25, 0.3) is 0 Å². The lowest BCUT2D eigenvalue weighted by Gasteiger charge is -2.34. The summed E-state index contributed by atoms with van der Waals surface area (Å²) >= 11 is 0. The topological polar surface area (TPSA) is 40.5 Å². The van der Waals surface area contributed by atoms with E-state index in [-0.39, 0.29) is 5.92 Å². The zero-order valence-electron chi connectivity index (χ0n) is 8.99. The Morgan fingerprint density at radius 2 is 2.21 bits per heavy atom. The molecule has 0 amide bonds. The van der Waals surface area contributed by atoms with Crippen LogP contribution < -0.4 is 0 Å². The Morgan fingerprint density at radius 1 is 1.57 bits per heavy atom. The van der Waals surface area contributed by atoms with Crippen molar-refractivity contribution in [3.05, 3.63) is 12.2 Å². The van der Waals surface area contributed by atoms with Gasteiger partial charge in [0, 0.05) is 19.6 Å². The molecule has 1 rings (SSSR count). The van der Waals surface area contributed by atoms with Crippen molar-refractivity contribution in [2.75, 3.05) is 19.6 Å². The predicted molar refractivity (Wildman–Crippen MR) is 56.2 cm³/mol. The summed E-state index contributed by atoms with van der Waals surface area (Å²) in [6, 6.07) is 0. The van der Waals surface area contributed by atoms with Gasteiger partial charge in [-0.2, -0.15) is 0 Å². The van der Waals surface area contributed by atoms with Crippen LogP contribution in [0, 0.1) is 11.8 Å². The lowest BCUT2D eigenvalue weighted by molar-refractivity contribution is -0.144. The molecule has 0 spiro atoms. The molecule has 2 atom stereocenters. The smallest absolute Gasteiger partial charge is 0.307 e. The largest absolute Gasteiger partial charge is 0.481 e. The van der Waals surface area contributed by atoms with E-state index in [1.807, 2.05) is 6.92 Å². The molecule has 1 aliphatic heterocycles. The SMILES string of the molecule is C=C(C)CN1CC(C)CC(C(=O)O)C1. The van der Waals surface area contributed by atoms with Gasteiger partial charge in [0.15, 0.2) is 0 Å². The third-order valence-corrected chi connectivity index (χ3v) is 2.58. The van der Waals surface area contributed by atoms with Gasteiger partial charge in [0.05, 0.1) is 5.92 Å². The third-order valence-electron chi connectivity index (χ3n) is 2.58. The number of hydrogen-bond acceptors (Lipinski definition) is 2. The van der Waals surface area contributed by atoms with Gasteiger partial charge in [-0.05, 0) is 19.3 Å². The molecular formula is C11H19NO2. The standard InChI is InChI=1S/C11H19NO2/c1-8(2)5-12-6-9(3)4-10(7-12)11(13)14/h9-10H,1,4-7H2,2-3H3,(H,13,14). The van der Waals surface area contributed by atoms with Gasteiger partial charge in [0.2, 0.25) is 0 Å². The zero-order valence-corrected chi connectivity index (χ0v) is 8.99. The summed E-state index contributed by atoms with van der Waals surface area (Å²) < 4.78 is 0. The average molecular weight is 197 g/mol. The number of hydrogen-bond donors (Lipinski definition) is 1. The van der Waals surface area contributed by atoms with E-state index in [0.717, 1.165) is 25.1 Å². The van der Waals surface area contributed by atoms with Crippen molar-refractivity contribution in [3.8, 4) is 0 Å². The molecule has 3 heteroatoms. The summed E-state index contributed by atoms with van der Waals surface area (Å²) in [5.41, 5.74) is 1.10. The summed E-state index contributed by atoms with van der Waals surface area (Å²) in [6.07, 6.45) is 0.808. The van der Waals surface area contributed by atoms with Gasteiger partial charge in [0.1, 0.15) is 0 Å². The van der Waals surface area contributed by atoms with Crippen LogP contribution in [0.2, 0.25) is 0 Å².